The number of aliphatic hydroxyl groups excluding tert-OH is 1. The Labute approximate surface area is 376 Å². The van der Waals surface area contributed by atoms with E-state index < -0.39 is 95.5 Å². The Kier molecular flexibility index (Phi) is 19.3. The van der Waals surface area contributed by atoms with Gasteiger partial charge in [-0.15, -0.1) is 0 Å². The van der Waals surface area contributed by atoms with E-state index in [9.17, 15) is 25.2 Å². The smallest absolute Gasteiger partial charge is 0.311 e. The Morgan fingerprint density at radius 2 is 1.60 bits per heavy atom. The van der Waals surface area contributed by atoms with Crippen LogP contribution in [0.3, 0.4) is 0 Å². The lowest BCUT2D eigenvalue weighted by Gasteiger charge is -2.53. The SMILES string of the molecule is CC[C@H]1OC(=O)[C@H](C)[C@@H](O[C@H]2C[C@@](C)(OC)[C@](O)(CNCCOC)[C@H](C)O2)[C@H](C)[C@@H](O[C@@H]2O[C@H](C)C[C@H](N(C)C)[C@H]2Oc2ccccc2)[C@](C)(O)C[C@@H](C)CN[C@H](C)[C@@H](O)[C@]1(C)O. The van der Waals surface area contributed by atoms with Crippen LogP contribution in [0, 0.1) is 17.8 Å². The first kappa shape index (κ1) is 53.6. The van der Waals surface area contributed by atoms with Crippen LogP contribution in [0.4, 0.5) is 0 Å². The summed E-state index contributed by atoms with van der Waals surface area (Å²) in [6.45, 7) is 19.3. The van der Waals surface area contributed by atoms with Gasteiger partial charge in [0.25, 0.3) is 0 Å². The molecule has 0 bridgehead atoms. The topological polar surface area (TPSA) is 199 Å². The average Bonchev–Trinajstić information content (AvgIpc) is 3.23. The van der Waals surface area contributed by atoms with Gasteiger partial charge in [-0.2, -0.15) is 0 Å². The van der Waals surface area contributed by atoms with Crippen molar-refractivity contribution in [3.63, 3.8) is 0 Å². The second-order valence-electron chi connectivity index (χ2n) is 19.6. The van der Waals surface area contributed by atoms with Gasteiger partial charge in [0.15, 0.2) is 18.7 Å². The van der Waals surface area contributed by atoms with Crippen molar-refractivity contribution in [3.8, 4) is 5.75 Å². The number of aliphatic hydroxyl groups is 4. The first-order valence-electron chi connectivity index (χ1n) is 23.0. The first-order valence-corrected chi connectivity index (χ1v) is 23.0. The predicted molar refractivity (Wildman–Crippen MR) is 238 cm³/mol. The van der Waals surface area contributed by atoms with Crippen LogP contribution < -0.4 is 15.4 Å². The van der Waals surface area contributed by atoms with E-state index in [0.29, 0.717) is 31.9 Å². The number of carbonyl (C=O) groups is 1. The molecule has 18 atom stereocenters. The quantitative estimate of drug-likeness (QED) is 0.117. The molecule has 16 heteroatoms. The number of rotatable bonds is 14. The average molecular weight is 898 g/mol. The molecular weight excluding hydrogens is 815 g/mol. The molecule has 6 N–H and O–H groups in total. The fraction of sp³-hybridized carbons (Fsp3) is 0.851. The maximum Gasteiger partial charge on any atom is 0.311 e. The highest BCUT2D eigenvalue weighted by molar-refractivity contribution is 5.73. The molecular formula is C47H83N3O13. The molecule has 1 aromatic rings. The molecule has 4 rings (SSSR count). The summed E-state index contributed by atoms with van der Waals surface area (Å²) in [7, 11) is 7.12. The van der Waals surface area contributed by atoms with Gasteiger partial charge in [0.1, 0.15) is 34.8 Å². The Morgan fingerprint density at radius 1 is 0.937 bits per heavy atom. The summed E-state index contributed by atoms with van der Waals surface area (Å²) in [4.78, 5) is 16.6. The molecule has 1 aromatic carbocycles. The number of likely N-dealkylation sites (N-methyl/N-ethyl adjacent to an activating group) is 1. The molecule has 3 fully saturated rings. The van der Waals surface area contributed by atoms with Gasteiger partial charge in [-0.3, -0.25) is 4.79 Å². The van der Waals surface area contributed by atoms with E-state index >= 15 is 0 Å². The van der Waals surface area contributed by atoms with Crippen molar-refractivity contribution in [1.29, 1.82) is 0 Å². The molecule has 0 unspecified atom stereocenters. The van der Waals surface area contributed by atoms with E-state index in [2.05, 4.69) is 15.5 Å². The number of hydrogen-bond donors (Lipinski definition) is 6. The molecule has 63 heavy (non-hydrogen) atoms. The van der Waals surface area contributed by atoms with Crippen LogP contribution in [0.5, 0.6) is 5.75 Å². The van der Waals surface area contributed by atoms with E-state index in [4.69, 9.17) is 37.9 Å². The summed E-state index contributed by atoms with van der Waals surface area (Å²) in [6.07, 6.45) is -6.97. The molecule has 364 valence electrons. The third kappa shape index (κ3) is 12.7. The van der Waals surface area contributed by atoms with E-state index in [-0.39, 0.29) is 43.9 Å². The van der Waals surface area contributed by atoms with Crippen LogP contribution in [-0.2, 0) is 38.0 Å². The molecule has 16 nitrogen and oxygen atoms in total. The number of benzene rings is 1. The first-order chi connectivity index (χ1) is 29.5. The minimum Gasteiger partial charge on any atom is -0.483 e. The van der Waals surface area contributed by atoms with Crippen molar-refractivity contribution in [1.82, 2.24) is 15.5 Å². The summed E-state index contributed by atoms with van der Waals surface area (Å²) in [5.74, 6) is -2.03. The highest BCUT2D eigenvalue weighted by Gasteiger charge is 2.58. The summed E-state index contributed by atoms with van der Waals surface area (Å²) in [5, 5.41) is 54.9. The number of esters is 1. The Balaban J connectivity index is 1.84. The van der Waals surface area contributed by atoms with Crippen molar-refractivity contribution in [2.75, 3.05) is 54.6 Å². The number of para-hydroxylation sites is 1. The van der Waals surface area contributed by atoms with Gasteiger partial charge in [0, 0.05) is 45.7 Å². The van der Waals surface area contributed by atoms with Crippen LogP contribution in [0.25, 0.3) is 0 Å². The van der Waals surface area contributed by atoms with Crippen LogP contribution in [-0.4, -0.2) is 176 Å². The lowest BCUT2D eigenvalue weighted by Crippen LogP contribution is -2.70. The van der Waals surface area contributed by atoms with E-state index in [0.717, 1.165) is 0 Å². The molecule has 0 aliphatic carbocycles. The second-order valence-corrected chi connectivity index (χ2v) is 19.6. The van der Waals surface area contributed by atoms with Gasteiger partial charge in [0.2, 0.25) is 0 Å². The molecule has 0 saturated carbocycles. The third-order valence-electron chi connectivity index (χ3n) is 14.1. The summed E-state index contributed by atoms with van der Waals surface area (Å²) in [5.41, 5.74) is -6.07. The lowest BCUT2D eigenvalue weighted by atomic mass is 9.75. The van der Waals surface area contributed by atoms with Crippen molar-refractivity contribution in [2.24, 2.45) is 17.8 Å². The molecule has 0 amide bonds. The number of carbonyl (C=O) groups excluding carboxylic acids is 1. The maximum absolute atomic E-state index is 14.6. The van der Waals surface area contributed by atoms with Crippen molar-refractivity contribution in [3.05, 3.63) is 30.3 Å². The minimum atomic E-state index is -1.82. The molecule has 0 radical (unpaired) electrons. The second kappa shape index (κ2) is 22.6. The van der Waals surface area contributed by atoms with Crippen LogP contribution in [0.1, 0.15) is 94.9 Å². The van der Waals surface area contributed by atoms with Gasteiger partial charge in [0.05, 0.1) is 48.6 Å². The predicted octanol–water partition coefficient (Wildman–Crippen LogP) is 3.25. The van der Waals surface area contributed by atoms with Gasteiger partial charge in [-0.1, -0.05) is 39.0 Å². The van der Waals surface area contributed by atoms with Crippen molar-refractivity contribution in [2.45, 2.75) is 185 Å². The van der Waals surface area contributed by atoms with Crippen LogP contribution >= 0.6 is 0 Å². The zero-order chi connectivity index (χ0) is 47.1. The number of methoxy groups -OCH3 is 2. The zero-order valence-corrected chi connectivity index (χ0v) is 40.5. The fourth-order valence-corrected chi connectivity index (χ4v) is 9.97. The molecule has 0 aromatic heterocycles. The van der Waals surface area contributed by atoms with Crippen molar-refractivity contribution >= 4 is 5.97 Å². The number of hydrogen-bond acceptors (Lipinski definition) is 16. The maximum atomic E-state index is 14.6. The molecule has 3 saturated heterocycles. The number of nitrogens with one attached hydrogen (secondary N) is 2. The van der Waals surface area contributed by atoms with E-state index in [1.54, 1.807) is 48.7 Å². The molecule has 3 aliphatic rings. The Morgan fingerprint density at radius 3 is 2.21 bits per heavy atom. The summed E-state index contributed by atoms with van der Waals surface area (Å²) in [6, 6.07) is 8.74. The van der Waals surface area contributed by atoms with Crippen molar-refractivity contribution < 1.29 is 63.1 Å². The number of nitrogens with zero attached hydrogens (tertiary/aromatic N) is 1. The Hall–Kier alpha value is -2.03. The highest BCUT2D eigenvalue weighted by Crippen LogP contribution is 2.43. The van der Waals surface area contributed by atoms with E-state index in [1.165, 1.54) is 14.0 Å². The van der Waals surface area contributed by atoms with Gasteiger partial charge in [-0.25, -0.2) is 0 Å². The monoisotopic (exact) mass is 898 g/mol. The normalized spacial score (nSPS) is 43.8. The van der Waals surface area contributed by atoms with Gasteiger partial charge >= 0.3 is 5.97 Å². The Bertz CT molecular complexity index is 1540. The van der Waals surface area contributed by atoms with Crippen LogP contribution in [0.15, 0.2) is 30.3 Å². The zero-order valence-electron chi connectivity index (χ0n) is 40.5. The van der Waals surface area contributed by atoms with Gasteiger partial charge in [-0.05, 0) is 106 Å². The van der Waals surface area contributed by atoms with Crippen LogP contribution in [0.2, 0.25) is 0 Å². The highest BCUT2D eigenvalue weighted by atomic mass is 16.7. The largest absolute Gasteiger partial charge is 0.483 e. The molecule has 0 spiro atoms. The summed E-state index contributed by atoms with van der Waals surface area (Å²) < 4.78 is 51.3. The van der Waals surface area contributed by atoms with E-state index in [1.807, 2.05) is 65.2 Å². The standard InChI is InChI=1S/C47H83N3O13/c1-15-36-46(10,54)40(51)32(6)49-26-28(2)24-44(8,53)41(63-43-39(60-34-19-17-16-18-20-34)35(50(11)12)23-29(3)58-43)30(4)38(31(5)42(52)61-36)62-37-25-45(9,57-14)47(55,33(7)59-37)27-48-21-22-56-13/h16-20,28-33,35-41,43,48-49,51,53-55H,15,21-27H2,1-14H3/t28-,29-,30+,31-,32-,33+,35+,36-,37+,38+,39-,40-,41-,43+,44-,45-,46-,47+/m1/s1. The fourth-order valence-electron chi connectivity index (χ4n) is 9.97. The third-order valence-corrected chi connectivity index (χ3v) is 14.1. The number of ether oxygens (including phenoxy) is 8. The minimum absolute atomic E-state index is 0.0725. The number of cyclic esters (lactones) is 1. The lowest BCUT2D eigenvalue weighted by molar-refractivity contribution is -0.335. The molecule has 3 heterocycles. The summed E-state index contributed by atoms with van der Waals surface area (Å²) >= 11 is 0. The van der Waals surface area contributed by atoms with Gasteiger partial charge < -0.3 is 73.9 Å². The molecule has 3 aliphatic heterocycles.